The number of benzene rings is 2. The van der Waals surface area contributed by atoms with Gasteiger partial charge in [-0.1, -0.05) is 50.3 Å². The zero-order chi connectivity index (χ0) is 23.1. The van der Waals surface area contributed by atoms with E-state index in [0.29, 0.717) is 23.1 Å². The highest BCUT2D eigenvalue weighted by Crippen LogP contribution is 2.64. The second-order valence-electron chi connectivity index (χ2n) is 9.80. The third kappa shape index (κ3) is 2.30. The minimum atomic E-state index is -0.521. The Morgan fingerprint density at radius 1 is 1.18 bits per heavy atom. The molecule has 1 aromatic heterocycles. The summed E-state index contributed by atoms with van der Waals surface area (Å²) >= 11 is 0. The van der Waals surface area contributed by atoms with Crippen LogP contribution in [0, 0.1) is 5.41 Å². The van der Waals surface area contributed by atoms with Crippen molar-refractivity contribution in [1.82, 2.24) is 14.5 Å². The SMILES string of the molecule is C=CC(C)(C)[C@@]12CC3c4nc5ccccc5c(=O)n4CC(=O)N3[C@@H]1N(CO)c1ccccc12. The van der Waals surface area contributed by atoms with Gasteiger partial charge in [0.1, 0.15) is 25.3 Å². The molecule has 168 valence electrons. The van der Waals surface area contributed by atoms with Crippen LogP contribution in [0.4, 0.5) is 5.69 Å². The molecule has 1 N–H and O–H groups in total. The lowest BCUT2D eigenvalue weighted by Gasteiger charge is -2.45. The fourth-order valence-electron chi connectivity index (χ4n) is 6.43. The molecule has 0 aliphatic carbocycles. The predicted octanol–water partition coefficient (Wildman–Crippen LogP) is 2.93. The second-order valence-corrected chi connectivity index (χ2v) is 9.80. The van der Waals surface area contributed by atoms with Crippen LogP contribution in [0.2, 0.25) is 0 Å². The van der Waals surface area contributed by atoms with E-state index in [1.807, 2.05) is 52.3 Å². The number of aliphatic hydroxyl groups is 1. The molecule has 1 amide bonds. The molecule has 2 aromatic carbocycles. The van der Waals surface area contributed by atoms with Crippen LogP contribution >= 0.6 is 0 Å². The number of carbonyl (C=O) groups is 1. The van der Waals surface area contributed by atoms with Crippen LogP contribution in [0.25, 0.3) is 10.9 Å². The number of hydrogen-bond donors (Lipinski definition) is 1. The Bertz CT molecular complexity index is 1390. The van der Waals surface area contributed by atoms with Gasteiger partial charge < -0.3 is 14.9 Å². The largest absolute Gasteiger partial charge is 0.376 e. The van der Waals surface area contributed by atoms with E-state index in [1.54, 1.807) is 6.07 Å². The Balaban J connectivity index is 1.65. The number of rotatable bonds is 3. The maximum absolute atomic E-state index is 13.6. The van der Waals surface area contributed by atoms with Crippen molar-refractivity contribution in [2.75, 3.05) is 11.6 Å². The minimum absolute atomic E-state index is 0.0563. The third-order valence-electron chi connectivity index (χ3n) is 8.13. The van der Waals surface area contributed by atoms with Crippen LogP contribution in [0.3, 0.4) is 0 Å². The van der Waals surface area contributed by atoms with Gasteiger partial charge in [0.15, 0.2) is 0 Å². The number of aliphatic hydroxyl groups excluding tert-OH is 1. The number of amides is 1. The summed E-state index contributed by atoms with van der Waals surface area (Å²) in [5, 5.41) is 11.0. The lowest BCUT2D eigenvalue weighted by atomic mass is 9.60. The van der Waals surface area contributed by atoms with Gasteiger partial charge in [0.05, 0.1) is 16.9 Å². The van der Waals surface area contributed by atoms with Crippen molar-refractivity contribution in [1.29, 1.82) is 0 Å². The van der Waals surface area contributed by atoms with Crippen LogP contribution in [0.15, 0.2) is 66.0 Å². The molecule has 3 aromatic rings. The highest BCUT2D eigenvalue weighted by atomic mass is 16.3. The average Bonchev–Trinajstić information content (AvgIpc) is 3.32. The van der Waals surface area contributed by atoms with Gasteiger partial charge >= 0.3 is 0 Å². The molecule has 3 atom stereocenters. The van der Waals surface area contributed by atoms with Gasteiger partial charge in [0.25, 0.3) is 5.56 Å². The van der Waals surface area contributed by atoms with E-state index in [-0.39, 0.29) is 30.8 Å². The van der Waals surface area contributed by atoms with Gasteiger partial charge in [-0.15, -0.1) is 6.58 Å². The summed E-state index contributed by atoms with van der Waals surface area (Å²) in [6.45, 7) is 8.13. The highest BCUT2D eigenvalue weighted by Gasteiger charge is 2.68. The molecular formula is C26H26N4O3. The Hall–Kier alpha value is -3.45. The zero-order valence-corrected chi connectivity index (χ0v) is 18.7. The van der Waals surface area contributed by atoms with E-state index >= 15 is 0 Å². The zero-order valence-electron chi connectivity index (χ0n) is 18.7. The monoisotopic (exact) mass is 442 g/mol. The third-order valence-corrected chi connectivity index (χ3v) is 8.13. The van der Waals surface area contributed by atoms with Crippen LogP contribution in [-0.4, -0.2) is 38.4 Å². The fraction of sp³-hybridized carbons (Fsp3) is 0.346. The summed E-state index contributed by atoms with van der Waals surface area (Å²) in [5.74, 6) is 0.479. The number of aromatic nitrogens is 2. The van der Waals surface area contributed by atoms with Gasteiger partial charge in [-0.3, -0.25) is 14.2 Å². The Kier molecular flexibility index (Phi) is 4.00. The molecule has 33 heavy (non-hydrogen) atoms. The molecule has 0 saturated carbocycles. The van der Waals surface area contributed by atoms with E-state index in [1.165, 1.54) is 4.57 Å². The van der Waals surface area contributed by atoms with Crippen molar-refractivity contribution in [2.24, 2.45) is 5.41 Å². The van der Waals surface area contributed by atoms with Crippen molar-refractivity contribution in [3.05, 3.63) is 82.9 Å². The molecule has 1 unspecified atom stereocenters. The van der Waals surface area contributed by atoms with Gasteiger partial charge in [-0.05, 0) is 35.6 Å². The molecule has 1 fully saturated rings. The van der Waals surface area contributed by atoms with Crippen molar-refractivity contribution >= 4 is 22.5 Å². The number of allylic oxidation sites excluding steroid dienone is 1. The first kappa shape index (κ1) is 20.2. The van der Waals surface area contributed by atoms with Crippen molar-refractivity contribution < 1.29 is 9.90 Å². The lowest BCUT2D eigenvalue weighted by molar-refractivity contribution is -0.138. The molecule has 1 saturated heterocycles. The first-order valence-corrected chi connectivity index (χ1v) is 11.3. The van der Waals surface area contributed by atoms with E-state index in [0.717, 1.165) is 11.3 Å². The molecule has 6 rings (SSSR count). The van der Waals surface area contributed by atoms with Crippen LogP contribution < -0.4 is 10.5 Å². The first-order valence-electron chi connectivity index (χ1n) is 11.3. The molecule has 7 nitrogen and oxygen atoms in total. The molecule has 3 aliphatic rings. The summed E-state index contributed by atoms with van der Waals surface area (Å²) in [4.78, 5) is 35.6. The number of para-hydroxylation sites is 2. The topological polar surface area (TPSA) is 78.7 Å². The predicted molar refractivity (Wildman–Crippen MR) is 126 cm³/mol. The van der Waals surface area contributed by atoms with Gasteiger partial charge in [0, 0.05) is 11.1 Å². The standard InChI is InChI=1S/C26H26N4O3/c1-4-25(2,3)26-13-20-22-27-18-11-7-5-9-16(18)23(33)28(22)14-21(32)30(20)24(26)29(15-31)19-12-8-6-10-17(19)26/h4-12,20,24,31H,1,13-15H2,2-3H3/t20?,24-,26+/m0/s1. The summed E-state index contributed by atoms with van der Waals surface area (Å²) in [6, 6.07) is 14.9. The summed E-state index contributed by atoms with van der Waals surface area (Å²) < 4.78 is 1.54. The van der Waals surface area contributed by atoms with Crippen molar-refractivity contribution in [3.8, 4) is 0 Å². The van der Waals surface area contributed by atoms with E-state index < -0.39 is 17.0 Å². The number of carbonyl (C=O) groups excluding carboxylic acids is 1. The quantitative estimate of drug-likeness (QED) is 0.631. The van der Waals surface area contributed by atoms with Crippen LogP contribution in [0.1, 0.15) is 37.7 Å². The Morgan fingerprint density at radius 2 is 1.91 bits per heavy atom. The fourth-order valence-corrected chi connectivity index (χ4v) is 6.43. The molecular weight excluding hydrogens is 416 g/mol. The molecule has 0 bridgehead atoms. The van der Waals surface area contributed by atoms with Gasteiger partial charge in [0.2, 0.25) is 5.91 Å². The normalized spacial score (nSPS) is 25.6. The maximum atomic E-state index is 13.6. The highest BCUT2D eigenvalue weighted by molar-refractivity contribution is 5.83. The smallest absolute Gasteiger partial charge is 0.261 e. The minimum Gasteiger partial charge on any atom is -0.376 e. The molecule has 4 heterocycles. The van der Waals surface area contributed by atoms with Crippen molar-refractivity contribution in [3.63, 3.8) is 0 Å². The summed E-state index contributed by atoms with van der Waals surface area (Å²) in [7, 11) is 0. The molecule has 3 aliphatic heterocycles. The molecule has 7 heteroatoms. The summed E-state index contributed by atoms with van der Waals surface area (Å²) in [6.07, 6.45) is 2.13. The van der Waals surface area contributed by atoms with Crippen LogP contribution in [0.5, 0.6) is 0 Å². The second kappa shape index (κ2) is 6.54. The number of hydrogen-bond acceptors (Lipinski definition) is 5. The van der Waals surface area contributed by atoms with Gasteiger partial charge in [-0.2, -0.15) is 0 Å². The number of nitrogens with zero attached hydrogens (tertiary/aromatic N) is 4. The molecule has 0 spiro atoms. The number of fused-ring (bicyclic) bond motifs is 8. The van der Waals surface area contributed by atoms with E-state index in [9.17, 15) is 14.7 Å². The average molecular weight is 443 g/mol. The van der Waals surface area contributed by atoms with Crippen LogP contribution in [-0.2, 0) is 16.8 Å². The maximum Gasteiger partial charge on any atom is 0.261 e. The van der Waals surface area contributed by atoms with Crippen molar-refractivity contribution in [2.45, 2.75) is 44.4 Å². The Labute approximate surface area is 191 Å². The molecule has 0 radical (unpaired) electrons. The summed E-state index contributed by atoms with van der Waals surface area (Å²) in [5.41, 5.74) is 1.55. The number of anilines is 1. The lowest BCUT2D eigenvalue weighted by Crippen LogP contribution is -2.58. The van der Waals surface area contributed by atoms with E-state index in [4.69, 9.17) is 4.98 Å². The first-order chi connectivity index (χ1) is 15.9. The Morgan fingerprint density at radius 3 is 2.67 bits per heavy atom. The van der Waals surface area contributed by atoms with Gasteiger partial charge in [-0.25, -0.2) is 4.98 Å². The van der Waals surface area contributed by atoms with E-state index in [2.05, 4.69) is 26.5 Å².